The molecule has 1 amide bonds. The lowest BCUT2D eigenvalue weighted by Crippen LogP contribution is -2.07. The lowest BCUT2D eigenvalue weighted by atomic mass is 10.2. The molecule has 0 saturated heterocycles. The Morgan fingerprint density at radius 3 is 2.82 bits per heavy atom. The van der Waals surface area contributed by atoms with Crippen molar-refractivity contribution in [2.24, 2.45) is 0 Å². The topological polar surface area (TPSA) is 73.6 Å². The van der Waals surface area contributed by atoms with E-state index in [1.165, 1.54) is 24.3 Å². The predicted molar refractivity (Wildman–Crippen MR) is 81.0 cm³/mol. The van der Waals surface area contributed by atoms with Gasteiger partial charge in [-0.25, -0.2) is 4.39 Å². The molecule has 1 aliphatic heterocycles. The SMILES string of the molecule is Nc1cc(/C=C/C(=O)Nc2ccc3c(c2)OCO3)ccc1F. The quantitative estimate of drug-likeness (QED) is 0.675. The number of amides is 1. The van der Waals surface area contributed by atoms with Gasteiger partial charge in [0.2, 0.25) is 12.7 Å². The van der Waals surface area contributed by atoms with Crippen molar-refractivity contribution in [2.45, 2.75) is 0 Å². The van der Waals surface area contributed by atoms with Gasteiger partial charge < -0.3 is 20.5 Å². The van der Waals surface area contributed by atoms with Crippen LogP contribution in [0.2, 0.25) is 0 Å². The van der Waals surface area contributed by atoms with E-state index in [4.69, 9.17) is 15.2 Å². The minimum Gasteiger partial charge on any atom is -0.454 e. The van der Waals surface area contributed by atoms with E-state index in [2.05, 4.69) is 5.32 Å². The van der Waals surface area contributed by atoms with Gasteiger partial charge >= 0.3 is 0 Å². The number of anilines is 2. The summed E-state index contributed by atoms with van der Waals surface area (Å²) in [7, 11) is 0. The number of hydrogen-bond donors (Lipinski definition) is 2. The standard InChI is InChI=1S/C16H13FN2O3/c17-12-4-1-10(7-13(12)18)2-6-16(20)19-11-3-5-14-15(8-11)22-9-21-14/h1-8H,9,18H2,(H,19,20)/b6-2+. The van der Waals surface area contributed by atoms with Crippen molar-refractivity contribution in [3.8, 4) is 11.5 Å². The van der Waals surface area contributed by atoms with E-state index in [1.807, 2.05) is 0 Å². The molecule has 3 N–H and O–H groups in total. The first kappa shape index (κ1) is 13.9. The smallest absolute Gasteiger partial charge is 0.248 e. The normalized spacial score (nSPS) is 12.6. The largest absolute Gasteiger partial charge is 0.454 e. The minimum atomic E-state index is -0.484. The molecule has 0 radical (unpaired) electrons. The van der Waals surface area contributed by atoms with Crippen molar-refractivity contribution in [1.82, 2.24) is 0 Å². The zero-order chi connectivity index (χ0) is 15.5. The number of benzene rings is 2. The van der Waals surface area contributed by atoms with E-state index in [-0.39, 0.29) is 18.4 Å². The highest BCUT2D eigenvalue weighted by Gasteiger charge is 2.13. The number of nitrogens with two attached hydrogens (primary N) is 1. The molecule has 22 heavy (non-hydrogen) atoms. The Balaban J connectivity index is 1.67. The zero-order valence-electron chi connectivity index (χ0n) is 11.5. The van der Waals surface area contributed by atoms with Gasteiger partial charge in [-0.1, -0.05) is 6.07 Å². The Kier molecular flexibility index (Phi) is 3.65. The van der Waals surface area contributed by atoms with Gasteiger partial charge in [0.05, 0.1) is 5.69 Å². The maximum atomic E-state index is 13.0. The third kappa shape index (κ3) is 3.01. The second kappa shape index (κ2) is 5.77. The summed E-state index contributed by atoms with van der Waals surface area (Å²) in [6.07, 6.45) is 2.90. The van der Waals surface area contributed by atoms with Gasteiger partial charge in [0.25, 0.3) is 0 Å². The molecule has 0 saturated carbocycles. The van der Waals surface area contributed by atoms with E-state index in [1.54, 1.807) is 24.3 Å². The Labute approximate surface area is 126 Å². The molecule has 0 aromatic heterocycles. The average molecular weight is 300 g/mol. The zero-order valence-corrected chi connectivity index (χ0v) is 11.5. The van der Waals surface area contributed by atoms with Crippen LogP contribution in [0.25, 0.3) is 6.08 Å². The molecule has 1 heterocycles. The maximum absolute atomic E-state index is 13.0. The van der Waals surface area contributed by atoms with Crippen molar-refractivity contribution >= 4 is 23.4 Å². The van der Waals surface area contributed by atoms with E-state index in [0.29, 0.717) is 22.7 Å². The first-order valence-electron chi connectivity index (χ1n) is 6.55. The van der Waals surface area contributed by atoms with Crippen molar-refractivity contribution in [3.05, 3.63) is 53.9 Å². The van der Waals surface area contributed by atoms with Crippen LogP contribution in [-0.4, -0.2) is 12.7 Å². The lowest BCUT2D eigenvalue weighted by molar-refractivity contribution is -0.111. The van der Waals surface area contributed by atoms with Gasteiger partial charge in [0, 0.05) is 17.8 Å². The fourth-order valence-electron chi connectivity index (χ4n) is 2.00. The fraction of sp³-hybridized carbons (Fsp3) is 0.0625. The Morgan fingerprint density at radius 1 is 1.18 bits per heavy atom. The molecule has 2 aromatic carbocycles. The summed E-state index contributed by atoms with van der Waals surface area (Å²) in [6.45, 7) is 0.179. The number of halogens is 1. The summed E-state index contributed by atoms with van der Waals surface area (Å²) < 4.78 is 23.5. The molecule has 3 rings (SSSR count). The van der Waals surface area contributed by atoms with Crippen LogP contribution in [0.3, 0.4) is 0 Å². The van der Waals surface area contributed by atoms with Crippen molar-refractivity contribution in [2.75, 3.05) is 17.8 Å². The fourth-order valence-corrected chi connectivity index (χ4v) is 2.00. The molecule has 0 aliphatic carbocycles. The van der Waals surface area contributed by atoms with Gasteiger partial charge in [0.15, 0.2) is 11.5 Å². The summed E-state index contributed by atoms with van der Waals surface area (Å²) >= 11 is 0. The molecule has 0 bridgehead atoms. The Bertz CT molecular complexity index is 759. The van der Waals surface area contributed by atoms with Crippen LogP contribution in [0, 0.1) is 5.82 Å². The van der Waals surface area contributed by atoms with Crippen LogP contribution >= 0.6 is 0 Å². The molecule has 0 spiro atoms. The maximum Gasteiger partial charge on any atom is 0.248 e. The highest BCUT2D eigenvalue weighted by molar-refractivity contribution is 6.02. The van der Waals surface area contributed by atoms with Gasteiger partial charge in [0.1, 0.15) is 5.82 Å². The van der Waals surface area contributed by atoms with Crippen LogP contribution in [0.4, 0.5) is 15.8 Å². The second-order valence-corrected chi connectivity index (χ2v) is 4.67. The van der Waals surface area contributed by atoms with Crippen LogP contribution in [0.5, 0.6) is 11.5 Å². The summed E-state index contributed by atoms with van der Waals surface area (Å²) in [5.74, 6) is 0.437. The molecule has 0 atom stereocenters. The first-order chi connectivity index (χ1) is 10.6. The van der Waals surface area contributed by atoms with Gasteiger partial charge in [-0.15, -0.1) is 0 Å². The Morgan fingerprint density at radius 2 is 2.00 bits per heavy atom. The first-order valence-corrected chi connectivity index (χ1v) is 6.55. The molecule has 5 nitrogen and oxygen atoms in total. The number of rotatable bonds is 3. The van der Waals surface area contributed by atoms with Crippen molar-refractivity contribution in [3.63, 3.8) is 0 Å². The van der Waals surface area contributed by atoms with Crippen molar-refractivity contribution < 1.29 is 18.7 Å². The van der Waals surface area contributed by atoms with Gasteiger partial charge in [-0.3, -0.25) is 4.79 Å². The molecule has 0 unspecified atom stereocenters. The number of hydrogen-bond acceptors (Lipinski definition) is 4. The third-order valence-electron chi connectivity index (χ3n) is 3.09. The third-order valence-corrected chi connectivity index (χ3v) is 3.09. The van der Waals surface area contributed by atoms with Crippen LogP contribution < -0.4 is 20.5 Å². The number of carbonyl (C=O) groups excluding carboxylic acids is 1. The highest BCUT2D eigenvalue weighted by atomic mass is 19.1. The number of ether oxygens (including phenoxy) is 2. The van der Waals surface area contributed by atoms with E-state index in [9.17, 15) is 9.18 Å². The summed E-state index contributed by atoms with van der Waals surface area (Å²) in [6, 6.07) is 9.38. The van der Waals surface area contributed by atoms with Gasteiger partial charge in [-0.05, 0) is 35.9 Å². The van der Waals surface area contributed by atoms with Crippen molar-refractivity contribution in [1.29, 1.82) is 0 Å². The molecular formula is C16H13FN2O3. The monoisotopic (exact) mass is 300 g/mol. The van der Waals surface area contributed by atoms with Crippen LogP contribution in [0.15, 0.2) is 42.5 Å². The molecule has 2 aromatic rings. The minimum absolute atomic E-state index is 0.0401. The molecule has 1 aliphatic rings. The molecular weight excluding hydrogens is 287 g/mol. The number of carbonyl (C=O) groups is 1. The second-order valence-electron chi connectivity index (χ2n) is 4.67. The van der Waals surface area contributed by atoms with Gasteiger partial charge in [-0.2, -0.15) is 0 Å². The summed E-state index contributed by atoms with van der Waals surface area (Å²) in [4.78, 5) is 11.9. The van der Waals surface area contributed by atoms with E-state index in [0.717, 1.165) is 0 Å². The van der Waals surface area contributed by atoms with Crippen LogP contribution in [0.1, 0.15) is 5.56 Å². The molecule has 0 fully saturated rings. The lowest BCUT2D eigenvalue weighted by Gasteiger charge is -2.03. The van der Waals surface area contributed by atoms with E-state index >= 15 is 0 Å². The summed E-state index contributed by atoms with van der Waals surface area (Å²) in [5.41, 5.74) is 6.74. The highest BCUT2D eigenvalue weighted by Crippen LogP contribution is 2.34. The average Bonchev–Trinajstić information content (AvgIpc) is 2.96. The number of nitrogen functional groups attached to an aromatic ring is 1. The Hall–Kier alpha value is -3.02. The van der Waals surface area contributed by atoms with Crippen LogP contribution in [-0.2, 0) is 4.79 Å². The molecule has 112 valence electrons. The van der Waals surface area contributed by atoms with E-state index < -0.39 is 5.82 Å². The molecule has 6 heteroatoms. The number of fused-ring (bicyclic) bond motifs is 1. The predicted octanol–water partition coefficient (Wildman–Crippen LogP) is 2.79. The number of nitrogens with one attached hydrogen (secondary N) is 1. The summed E-state index contributed by atoms with van der Waals surface area (Å²) in [5, 5.41) is 2.70.